The maximum absolute atomic E-state index is 14.0. The molecule has 3 aromatic rings. The van der Waals surface area contributed by atoms with E-state index in [4.69, 9.17) is 4.74 Å². The second-order valence-electron chi connectivity index (χ2n) is 10.8. The fraction of sp³-hybridized carbons (Fsp3) is 0.412. The number of benzene rings is 3. The number of hydrogen-bond acceptors (Lipinski definition) is 5. The molecule has 0 aliphatic carbocycles. The number of carbonyl (C=O) groups excluding carboxylic acids is 2. The van der Waals surface area contributed by atoms with Crippen molar-refractivity contribution in [2.75, 3.05) is 33.4 Å². The van der Waals surface area contributed by atoms with Gasteiger partial charge in [-0.15, -0.1) is 0 Å². The number of aryl methyl sites for hydroxylation is 2. The van der Waals surface area contributed by atoms with E-state index in [-0.39, 0.29) is 24.4 Å². The zero-order valence-corrected chi connectivity index (χ0v) is 25.5. The number of nitrogens with one attached hydrogen (secondary N) is 2. The third kappa shape index (κ3) is 10.5. The Morgan fingerprint density at radius 3 is 2.30 bits per heavy atom. The normalized spacial score (nSPS) is 12.5. The van der Waals surface area contributed by atoms with E-state index >= 15 is 0 Å². The summed E-state index contributed by atoms with van der Waals surface area (Å²) in [6.07, 6.45) is 0.593. The van der Waals surface area contributed by atoms with Gasteiger partial charge in [0.25, 0.3) is 11.8 Å². The summed E-state index contributed by atoms with van der Waals surface area (Å²) in [7, 11) is 1.58. The van der Waals surface area contributed by atoms with Gasteiger partial charge in [0, 0.05) is 50.5 Å². The lowest BCUT2D eigenvalue weighted by Gasteiger charge is -2.25. The molecule has 0 aliphatic heterocycles. The van der Waals surface area contributed by atoms with Crippen molar-refractivity contribution in [3.63, 3.8) is 0 Å². The second-order valence-corrected chi connectivity index (χ2v) is 10.8. The Morgan fingerprint density at radius 2 is 1.63 bits per heavy atom. The molecule has 0 spiro atoms. The van der Waals surface area contributed by atoms with Crippen LogP contribution in [0.1, 0.15) is 63.2 Å². The molecule has 9 heteroatoms. The van der Waals surface area contributed by atoms with Crippen molar-refractivity contribution < 1.29 is 28.2 Å². The largest absolute Gasteiger partial charge is 0.390 e. The van der Waals surface area contributed by atoms with Gasteiger partial charge in [0.1, 0.15) is 11.6 Å². The fourth-order valence-corrected chi connectivity index (χ4v) is 4.99. The number of aliphatic hydroxyl groups excluding tert-OH is 1. The average molecular weight is 596 g/mol. The van der Waals surface area contributed by atoms with Crippen LogP contribution in [0.25, 0.3) is 0 Å². The molecule has 0 radical (unpaired) electrons. The number of halogens is 2. The summed E-state index contributed by atoms with van der Waals surface area (Å²) in [6, 6.07) is 15.3. The molecule has 3 N–H and O–H groups in total. The third-order valence-corrected chi connectivity index (χ3v) is 7.17. The van der Waals surface area contributed by atoms with E-state index in [0.29, 0.717) is 37.4 Å². The monoisotopic (exact) mass is 595 g/mol. The highest BCUT2D eigenvalue weighted by Crippen LogP contribution is 2.16. The molecule has 7 nitrogen and oxygen atoms in total. The van der Waals surface area contributed by atoms with Gasteiger partial charge in [-0.2, -0.15) is 0 Å². The summed E-state index contributed by atoms with van der Waals surface area (Å²) in [5, 5.41) is 17.2. The Bertz CT molecular complexity index is 1350. The first kappa shape index (κ1) is 33.8. The molecule has 0 bridgehead atoms. The molecule has 3 rings (SSSR count). The molecule has 0 aliphatic rings. The predicted molar refractivity (Wildman–Crippen MR) is 164 cm³/mol. The summed E-state index contributed by atoms with van der Waals surface area (Å²) < 4.78 is 33.1. The maximum atomic E-state index is 14.0. The summed E-state index contributed by atoms with van der Waals surface area (Å²) in [4.78, 5) is 28.5. The molecule has 43 heavy (non-hydrogen) atoms. The molecular weight excluding hydrogens is 552 g/mol. The van der Waals surface area contributed by atoms with Gasteiger partial charge >= 0.3 is 0 Å². The van der Waals surface area contributed by atoms with E-state index in [1.165, 1.54) is 23.8 Å². The lowest BCUT2D eigenvalue weighted by molar-refractivity contribution is 0.0695. The Kier molecular flexibility index (Phi) is 13.3. The highest BCUT2D eigenvalue weighted by atomic mass is 19.1. The van der Waals surface area contributed by atoms with Crippen molar-refractivity contribution in [3.8, 4) is 0 Å². The number of aliphatic hydroxyl groups is 1. The molecule has 232 valence electrons. The minimum Gasteiger partial charge on any atom is -0.390 e. The minimum atomic E-state index is -1.08. The van der Waals surface area contributed by atoms with Crippen LogP contribution in [0, 0.1) is 18.6 Å². The van der Waals surface area contributed by atoms with E-state index in [1.54, 1.807) is 31.1 Å². The van der Waals surface area contributed by atoms with Crippen LogP contribution in [0.2, 0.25) is 0 Å². The van der Waals surface area contributed by atoms with Gasteiger partial charge in [-0.3, -0.25) is 9.59 Å². The van der Waals surface area contributed by atoms with Gasteiger partial charge in [0.2, 0.25) is 0 Å². The first-order valence-electron chi connectivity index (χ1n) is 14.8. The van der Waals surface area contributed by atoms with E-state index in [1.807, 2.05) is 25.1 Å². The Labute approximate surface area is 253 Å². The van der Waals surface area contributed by atoms with Crippen LogP contribution < -0.4 is 10.6 Å². The van der Waals surface area contributed by atoms with Crippen molar-refractivity contribution in [1.82, 2.24) is 15.5 Å². The second kappa shape index (κ2) is 16.8. The van der Waals surface area contributed by atoms with Gasteiger partial charge in [0.15, 0.2) is 0 Å². The molecule has 3 aromatic carbocycles. The van der Waals surface area contributed by atoms with Crippen molar-refractivity contribution in [1.29, 1.82) is 0 Å². The topological polar surface area (TPSA) is 90.9 Å². The van der Waals surface area contributed by atoms with Crippen LogP contribution in [0.5, 0.6) is 0 Å². The van der Waals surface area contributed by atoms with Crippen molar-refractivity contribution in [3.05, 3.63) is 106 Å². The SMILES string of the molecule is CCCN(CCOC)C(=O)c1cc(C)cc(C(=O)N[C@@H](Cc2cc(F)cc(F)c2)[C@H](O)CNCc2cccc(CC)c2)c1. The summed E-state index contributed by atoms with van der Waals surface area (Å²) in [5.41, 5.74) is 3.89. The average Bonchev–Trinajstić information content (AvgIpc) is 2.97. The fourth-order valence-electron chi connectivity index (χ4n) is 4.99. The van der Waals surface area contributed by atoms with Gasteiger partial charge < -0.3 is 25.4 Å². The standard InChI is InChI=1S/C34H43F2N3O4/c1-5-10-39(11-12-43-4)34(42)28-14-23(3)13-27(19-28)33(41)38-31(18-26-16-29(35)20-30(36)17-26)32(40)22-37-21-25-9-7-8-24(6-2)15-25/h7-9,13-17,19-20,31-32,37,40H,5-6,10-12,18,21-22H2,1-4H3,(H,38,41)/t31-,32+/m0/s1. The Hall–Kier alpha value is -3.66. The smallest absolute Gasteiger partial charge is 0.253 e. The number of nitrogens with zero attached hydrogens (tertiary/aromatic N) is 1. The molecule has 0 saturated carbocycles. The van der Waals surface area contributed by atoms with E-state index < -0.39 is 29.7 Å². The lowest BCUT2D eigenvalue weighted by Crippen LogP contribution is -2.48. The van der Waals surface area contributed by atoms with Gasteiger partial charge in [-0.1, -0.05) is 38.1 Å². The first-order chi connectivity index (χ1) is 20.6. The number of rotatable bonds is 16. The quantitative estimate of drug-likeness (QED) is 0.221. The van der Waals surface area contributed by atoms with Crippen molar-refractivity contribution >= 4 is 11.8 Å². The number of methoxy groups -OCH3 is 1. The molecule has 2 amide bonds. The van der Waals surface area contributed by atoms with Crippen LogP contribution in [0.4, 0.5) is 8.78 Å². The van der Waals surface area contributed by atoms with E-state index in [9.17, 15) is 23.5 Å². The molecule has 0 heterocycles. The van der Waals surface area contributed by atoms with Crippen molar-refractivity contribution in [2.45, 2.75) is 58.7 Å². The molecule has 2 atom stereocenters. The van der Waals surface area contributed by atoms with E-state index in [0.717, 1.165) is 30.0 Å². The molecule has 0 fully saturated rings. The molecule has 0 aromatic heterocycles. The first-order valence-corrected chi connectivity index (χ1v) is 14.8. The zero-order valence-electron chi connectivity index (χ0n) is 25.5. The third-order valence-electron chi connectivity index (χ3n) is 7.17. The summed E-state index contributed by atoms with van der Waals surface area (Å²) in [5.74, 6) is -2.20. The highest BCUT2D eigenvalue weighted by Gasteiger charge is 2.24. The van der Waals surface area contributed by atoms with Crippen LogP contribution in [0.15, 0.2) is 60.7 Å². The predicted octanol–water partition coefficient (Wildman–Crippen LogP) is 4.83. The molecular formula is C34H43F2N3O4. The maximum Gasteiger partial charge on any atom is 0.253 e. The summed E-state index contributed by atoms with van der Waals surface area (Å²) in [6.45, 7) is 7.85. The number of carbonyl (C=O) groups is 2. The van der Waals surface area contributed by atoms with E-state index in [2.05, 4.69) is 23.6 Å². The van der Waals surface area contributed by atoms with Crippen LogP contribution >= 0.6 is 0 Å². The van der Waals surface area contributed by atoms with Crippen LogP contribution in [0.3, 0.4) is 0 Å². The van der Waals surface area contributed by atoms with Gasteiger partial charge in [-0.25, -0.2) is 8.78 Å². The van der Waals surface area contributed by atoms with Crippen molar-refractivity contribution in [2.24, 2.45) is 0 Å². The zero-order chi connectivity index (χ0) is 31.4. The Balaban J connectivity index is 1.80. The lowest BCUT2D eigenvalue weighted by atomic mass is 9.99. The number of amides is 2. The Morgan fingerprint density at radius 1 is 0.930 bits per heavy atom. The van der Waals surface area contributed by atoms with Gasteiger partial charge in [0.05, 0.1) is 18.8 Å². The van der Waals surface area contributed by atoms with Crippen LogP contribution in [-0.4, -0.2) is 67.3 Å². The molecule has 0 saturated heterocycles. The van der Waals surface area contributed by atoms with Gasteiger partial charge in [-0.05, 0) is 78.8 Å². The minimum absolute atomic E-state index is 0.00646. The number of ether oxygens (including phenoxy) is 1. The molecule has 0 unspecified atom stereocenters. The summed E-state index contributed by atoms with van der Waals surface area (Å²) >= 11 is 0. The number of hydrogen-bond donors (Lipinski definition) is 3. The highest BCUT2D eigenvalue weighted by molar-refractivity contribution is 6.00. The van der Waals surface area contributed by atoms with Crippen LogP contribution in [-0.2, 0) is 24.1 Å².